The highest BCUT2D eigenvalue weighted by Crippen LogP contribution is 2.24. The minimum absolute atomic E-state index is 0.852. The van der Waals surface area contributed by atoms with E-state index in [0.29, 0.717) is 0 Å². The van der Waals surface area contributed by atoms with Gasteiger partial charge in [-0.2, -0.15) is 0 Å². The van der Waals surface area contributed by atoms with Crippen LogP contribution in [0.2, 0.25) is 0 Å². The van der Waals surface area contributed by atoms with Crippen LogP contribution in [0, 0.1) is 5.92 Å². The molecular weight excluding hydrogens is 244 g/mol. The molecule has 0 radical (unpaired) electrons. The number of hydrogen-bond acceptors (Lipinski definition) is 2. The molecule has 110 valence electrons. The molecule has 0 bridgehead atoms. The average Bonchev–Trinajstić information content (AvgIpc) is 2.49. The Morgan fingerprint density at radius 1 is 1.00 bits per heavy atom. The van der Waals surface area contributed by atoms with Crippen molar-refractivity contribution in [3.63, 3.8) is 0 Å². The molecule has 2 aliphatic heterocycles. The van der Waals surface area contributed by atoms with Gasteiger partial charge in [-0.3, -0.25) is 4.90 Å². The first-order valence-electron chi connectivity index (χ1n) is 8.31. The Bertz CT molecular complexity index is 395. The lowest BCUT2D eigenvalue weighted by Crippen LogP contribution is -2.47. The van der Waals surface area contributed by atoms with Crippen molar-refractivity contribution in [3.05, 3.63) is 35.9 Å². The van der Waals surface area contributed by atoms with Gasteiger partial charge in [0.1, 0.15) is 0 Å². The second kappa shape index (κ2) is 6.73. The third-order valence-electron chi connectivity index (χ3n) is 5.01. The fourth-order valence-electron chi connectivity index (χ4n) is 3.84. The summed E-state index contributed by atoms with van der Waals surface area (Å²) in [5.74, 6) is 0.908. The van der Waals surface area contributed by atoms with Gasteiger partial charge < -0.3 is 4.90 Å². The molecule has 2 saturated heterocycles. The van der Waals surface area contributed by atoms with Crippen LogP contribution in [0.25, 0.3) is 0 Å². The number of hydrogen-bond donors (Lipinski definition) is 0. The summed E-state index contributed by atoms with van der Waals surface area (Å²) < 4.78 is 0. The first-order valence-corrected chi connectivity index (χ1v) is 8.31. The lowest BCUT2D eigenvalue weighted by Gasteiger charge is -2.41. The topological polar surface area (TPSA) is 6.48 Å². The summed E-state index contributed by atoms with van der Waals surface area (Å²) in [4.78, 5) is 5.40. The van der Waals surface area contributed by atoms with E-state index in [-0.39, 0.29) is 0 Å². The zero-order valence-electron chi connectivity index (χ0n) is 12.8. The Hall–Kier alpha value is -0.860. The summed E-state index contributed by atoms with van der Waals surface area (Å²) in [5.41, 5.74) is 1.46. The SMILES string of the molecule is C[C@H]1CCCN(C2CCN(Cc3ccccc3)CC2)C1. The van der Waals surface area contributed by atoms with Crippen molar-refractivity contribution in [2.24, 2.45) is 5.92 Å². The molecule has 3 rings (SSSR count). The molecule has 1 atom stereocenters. The predicted molar refractivity (Wildman–Crippen MR) is 84.7 cm³/mol. The normalized spacial score (nSPS) is 26.8. The van der Waals surface area contributed by atoms with Crippen LogP contribution in [-0.4, -0.2) is 42.0 Å². The van der Waals surface area contributed by atoms with Crippen LogP contribution in [0.4, 0.5) is 0 Å². The van der Waals surface area contributed by atoms with Crippen LogP contribution >= 0.6 is 0 Å². The first kappa shape index (κ1) is 14.1. The van der Waals surface area contributed by atoms with Gasteiger partial charge in [-0.1, -0.05) is 37.3 Å². The number of likely N-dealkylation sites (tertiary alicyclic amines) is 2. The van der Waals surface area contributed by atoms with E-state index in [1.54, 1.807) is 0 Å². The molecule has 2 nitrogen and oxygen atoms in total. The van der Waals surface area contributed by atoms with Gasteiger partial charge in [-0.15, -0.1) is 0 Å². The summed E-state index contributed by atoms with van der Waals surface area (Å²) in [6, 6.07) is 11.8. The second-order valence-corrected chi connectivity index (χ2v) is 6.74. The van der Waals surface area contributed by atoms with Crippen LogP contribution in [0.1, 0.15) is 38.2 Å². The molecule has 2 aliphatic rings. The van der Waals surface area contributed by atoms with Gasteiger partial charge >= 0.3 is 0 Å². The van der Waals surface area contributed by atoms with Crippen molar-refractivity contribution >= 4 is 0 Å². The molecule has 20 heavy (non-hydrogen) atoms. The summed E-state index contributed by atoms with van der Waals surface area (Å²) in [7, 11) is 0. The monoisotopic (exact) mass is 272 g/mol. The van der Waals surface area contributed by atoms with Crippen molar-refractivity contribution < 1.29 is 0 Å². The number of benzene rings is 1. The van der Waals surface area contributed by atoms with Crippen LogP contribution < -0.4 is 0 Å². The third-order valence-corrected chi connectivity index (χ3v) is 5.01. The average molecular weight is 272 g/mol. The fraction of sp³-hybridized carbons (Fsp3) is 0.667. The number of nitrogens with zero attached hydrogens (tertiary/aromatic N) is 2. The van der Waals surface area contributed by atoms with Crippen LogP contribution in [0.15, 0.2) is 30.3 Å². The van der Waals surface area contributed by atoms with Gasteiger partial charge in [0.25, 0.3) is 0 Å². The molecule has 2 fully saturated rings. The zero-order chi connectivity index (χ0) is 13.8. The van der Waals surface area contributed by atoms with Crippen molar-refractivity contribution in [1.29, 1.82) is 0 Å². The molecule has 0 spiro atoms. The molecule has 0 amide bonds. The molecule has 0 aliphatic carbocycles. The maximum absolute atomic E-state index is 2.77. The first-order chi connectivity index (χ1) is 9.81. The Balaban J connectivity index is 1.47. The Morgan fingerprint density at radius 2 is 1.75 bits per heavy atom. The predicted octanol–water partition coefficient (Wildman–Crippen LogP) is 3.38. The van der Waals surface area contributed by atoms with Gasteiger partial charge in [0.15, 0.2) is 0 Å². The minimum atomic E-state index is 0.852. The Labute approximate surface area is 123 Å². The summed E-state index contributed by atoms with van der Waals surface area (Å²) in [6.07, 6.45) is 5.56. The largest absolute Gasteiger partial charge is 0.300 e. The highest BCUT2D eigenvalue weighted by Gasteiger charge is 2.27. The van der Waals surface area contributed by atoms with Crippen LogP contribution in [0.3, 0.4) is 0 Å². The van der Waals surface area contributed by atoms with E-state index in [9.17, 15) is 0 Å². The second-order valence-electron chi connectivity index (χ2n) is 6.74. The third kappa shape index (κ3) is 3.62. The van der Waals surface area contributed by atoms with Crippen molar-refractivity contribution in [3.8, 4) is 0 Å². The zero-order valence-corrected chi connectivity index (χ0v) is 12.8. The van der Waals surface area contributed by atoms with Crippen molar-refractivity contribution in [2.75, 3.05) is 26.2 Å². The fourth-order valence-corrected chi connectivity index (χ4v) is 3.84. The lowest BCUT2D eigenvalue weighted by molar-refractivity contribution is 0.0729. The molecule has 0 saturated carbocycles. The van der Waals surface area contributed by atoms with E-state index >= 15 is 0 Å². The quantitative estimate of drug-likeness (QED) is 0.832. The Kier molecular flexibility index (Phi) is 4.74. The van der Waals surface area contributed by atoms with E-state index in [1.165, 1.54) is 57.4 Å². The summed E-state index contributed by atoms with van der Waals surface area (Å²) in [6.45, 7) is 8.76. The van der Waals surface area contributed by atoms with Gasteiger partial charge in [0.2, 0.25) is 0 Å². The highest BCUT2D eigenvalue weighted by atomic mass is 15.2. The summed E-state index contributed by atoms with van der Waals surface area (Å²) >= 11 is 0. The van der Waals surface area contributed by atoms with Crippen LogP contribution in [-0.2, 0) is 6.54 Å². The lowest BCUT2D eigenvalue weighted by atomic mass is 9.95. The molecule has 1 aromatic carbocycles. The van der Waals surface area contributed by atoms with Gasteiger partial charge in [-0.05, 0) is 56.8 Å². The van der Waals surface area contributed by atoms with Gasteiger partial charge in [0.05, 0.1) is 0 Å². The van der Waals surface area contributed by atoms with Crippen molar-refractivity contribution in [2.45, 2.75) is 45.2 Å². The standard InChI is InChI=1S/C18H28N2/c1-16-6-5-11-20(14-16)18-9-12-19(13-10-18)15-17-7-3-2-4-8-17/h2-4,7-8,16,18H,5-6,9-15H2,1H3/t16-/m0/s1. The number of rotatable bonds is 3. The minimum Gasteiger partial charge on any atom is -0.300 e. The molecule has 2 heteroatoms. The van der Waals surface area contributed by atoms with E-state index in [4.69, 9.17) is 0 Å². The highest BCUT2D eigenvalue weighted by molar-refractivity contribution is 5.14. The maximum Gasteiger partial charge on any atom is 0.0233 e. The van der Waals surface area contributed by atoms with E-state index in [1.807, 2.05) is 0 Å². The Morgan fingerprint density at radius 3 is 2.45 bits per heavy atom. The molecule has 1 aromatic rings. The molecule has 2 heterocycles. The van der Waals surface area contributed by atoms with Crippen molar-refractivity contribution in [1.82, 2.24) is 9.80 Å². The van der Waals surface area contributed by atoms with Crippen LogP contribution in [0.5, 0.6) is 0 Å². The van der Waals surface area contributed by atoms with E-state index in [0.717, 1.165) is 18.5 Å². The van der Waals surface area contributed by atoms with E-state index in [2.05, 4.69) is 47.1 Å². The molecule has 0 unspecified atom stereocenters. The van der Waals surface area contributed by atoms with E-state index < -0.39 is 0 Å². The van der Waals surface area contributed by atoms with Gasteiger partial charge in [-0.25, -0.2) is 0 Å². The van der Waals surface area contributed by atoms with Gasteiger partial charge in [0, 0.05) is 19.1 Å². The molecular formula is C18H28N2. The number of piperidine rings is 2. The molecule has 0 N–H and O–H groups in total. The summed E-state index contributed by atoms with van der Waals surface area (Å²) in [5, 5.41) is 0. The molecule has 0 aromatic heterocycles. The smallest absolute Gasteiger partial charge is 0.0233 e. The maximum atomic E-state index is 2.77.